The molecule has 0 aliphatic heterocycles. The molecule has 0 saturated heterocycles. The van der Waals surface area contributed by atoms with Crippen molar-refractivity contribution in [2.75, 3.05) is 32.8 Å². The molecule has 0 saturated carbocycles. The molecule has 0 radical (unpaired) electrons. The number of aliphatic hydroxyl groups excluding tert-OH is 1. The second kappa shape index (κ2) is 34.7. The predicted molar refractivity (Wildman–Crippen MR) is 186 cm³/mol. The lowest BCUT2D eigenvalue weighted by Crippen LogP contribution is -2.29. The largest absolute Gasteiger partial charge is 0.466 e. The summed E-state index contributed by atoms with van der Waals surface area (Å²) in [6, 6.07) is 0. The van der Waals surface area contributed by atoms with E-state index in [2.05, 4.69) is 25.7 Å². The second-order valence-electron chi connectivity index (χ2n) is 13.0. The first kappa shape index (κ1) is 42.9. The molecule has 0 aliphatic carbocycles. The minimum atomic E-state index is -0.0415. The molecule has 0 aromatic rings. The second-order valence-corrected chi connectivity index (χ2v) is 13.0. The highest BCUT2D eigenvalue weighted by Crippen LogP contribution is 2.17. The number of nitrogens with zero attached hydrogens (tertiary/aromatic N) is 1. The summed E-state index contributed by atoms with van der Waals surface area (Å²) in [4.78, 5) is 26.6. The Morgan fingerprint density at radius 1 is 0.523 bits per heavy atom. The molecule has 44 heavy (non-hydrogen) atoms. The molecular weight excluding hydrogens is 550 g/mol. The third-order valence-electron chi connectivity index (χ3n) is 8.70. The zero-order valence-corrected chi connectivity index (χ0v) is 29.7. The van der Waals surface area contributed by atoms with Gasteiger partial charge in [-0.05, 0) is 70.9 Å². The van der Waals surface area contributed by atoms with Crippen LogP contribution in [0.3, 0.4) is 0 Å². The van der Waals surface area contributed by atoms with E-state index in [1.807, 2.05) is 0 Å². The van der Waals surface area contributed by atoms with Gasteiger partial charge in [0, 0.05) is 19.4 Å². The Morgan fingerprint density at radius 2 is 0.955 bits per heavy atom. The number of esters is 2. The van der Waals surface area contributed by atoms with Crippen LogP contribution in [0.25, 0.3) is 0 Å². The van der Waals surface area contributed by atoms with Crippen LogP contribution in [0, 0.1) is 0 Å². The lowest BCUT2D eigenvalue weighted by atomic mass is 10.0. The average molecular weight is 626 g/mol. The molecule has 0 spiro atoms. The molecule has 0 fully saturated rings. The van der Waals surface area contributed by atoms with Crippen molar-refractivity contribution in [2.24, 2.45) is 0 Å². The van der Waals surface area contributed by atoms with Crippen LogP contribution in [0.2, 0.25) is 0 Å². The molecule has 0 aromatic heterocycles. The fourth-order valence-corrected chi connectivity index (χ4v) is 5.82. The maximum absolute atomic E-state index is 12.5. The highest BCUT2D eigenvalue weighted by atomic mass is 16.5. The molecule has 0 aromatic carbocycles. The number of carbonyl (C=O) groups excluding carboxylic acids is 2. The summed E-state index contributed by atoms with van der Waals surface area (Å²) in [5, 5.41) is 9.46. The third kappa shape index (κ3) is 30.9. The summed E-state index contributed by atoms with van der Waals surface area (Å²) < 4.78 is 11.2. The van der Waals surface area contributed by atoms with Crippen molar-refractivity contribution in [2.45, 2.75) is 200 Å². The molecule has 0 aliphatic rings. The number of carbonyl (C=O) groups is 2. The molecule has 0 rings (SSSR count). The van der Waals surface area contributed by atoms with Crippen LogP contribution < -0.4 is 0 Å². The number of hydrogen-bond acceptors (Lipinski definition) is 6. The van der Waals surface area contributed by atoms with E-state index in [0.29, 0.717) is 19.4 Å². The van der Waals surface area contributed by atoms with Crippen LogP contribution in [0.15, 0.2) is 0 Å². The maximum atomic E-state index is 12.5. The van der Waals surface area contributed by atoms with Gasteiger partial charge in [0.25, 0.3) is 0 Å². The van der Waals surface area contributed by atoms with Crippen LogP contribution >= 0.6 is 0 Å². The van der Waals surface area contributed by atoms with Gasteiger partial charge in [-0.1, -0.05) is 124 Å². The molecule has 0 atom stereocenters. The highest BCUT2D eigenvalue weighted by molar-refractivity contribution is 5.69. The minimum Gasteiger partial charge on any atom is -0.466 e. The predicted octanol–water partition coefficient (Wildman–Crippen LogP) is 10.3. The van der Waals surface area contributed by atoms with E-state index in [1.54, 1.807) is 0 Å². The first-order chi connectivity index (χ1) is 21.6. The lowest BCUT2D eigenvalue weighted by molar-refractivity contribution is -0.150. The fraction of sp³-hybridized carbons (Fsp3) is 0.947. The van der Waals surface area contributed by atoms with Crippen molar-refractivity contribution >= 4 is 11.9 Å². The van der Waals surface area contributed by atoms with Gasteiger partial charge < -0.3 is 19.5 Å². The molecule has 1 N–H and O–H groups in total. The van der Waals surface area contributed by atoms with Gasteiger partial charge in [-0.3, -0.25) is 9.59 Å². The van der Waals surface area contributed by atoms with E-state index < -0.39 is 0 Å². The molecular formula is C38H75NO5. The van der Waals surface area contributed by atoms with E-state index in [4.69, 9.17) is 9.47 Å². The number of hydrogen-bond donors (Lipinski definition) is 1. The van der Waals surface area contributed by atoms with Gasteiger partial charge >= 0.3 is 11.9 Å². The summed E-state index contributed by atoms with van der Waals surface area (Å²) in [6.07, 6.45) is 30.1. The number of unbranched alkanes of at least 4 members (excludes halogenated alkanes) is 18. The topological polar surface area (TPSA) is 76.1 Å². The van der Waals surface area contributed by atoms with E-state index in [9.17, 15) is 14.7 Å². The van der Waals surface area contributed by atoms with Gasteiger partial charge in [0.1, 0.15) is 6.10 Å². The summed E-state index contributed by atoms with van der Waals surface area (Å²) in [5.41, 5.74) is 0. The standard InChI is InChI=1S/C38H75NO5/c1-4-7-10-20-27-36(28-21-11-8-5-2)44-38(42)30-23-16-13-12-14-18-24-31-39(33-34-40)32-25-19-15-17-22-29-37(41)43-35-26-9-6-3/h36,40H,4-35H2,1-3H3. The van der Waals surface area contributed by atoms with E-state index >= 15 is 0 Å². The van der Waals surface area contributed by atoms with E-state index in [0.717, 1.165) is 90.3 Å². The molecule has 262 valence electrons. The van der Waals surface area contributed by atoms with E-state index in [1.165, 1.54) is 89.9 Å². The van der Waals surface area contributed by atoms with Crippen molar-refractivity contribution in [1.29, 1.82) is 0 Å². The van der Waals surface area contributed by atoms with Crippen molar-refractivity contribution in [1.82, 2.24) is 4.90 Å². The summed E-state index contributed by atoms with van der Waals surface area (Å²) in [5.74, 6) is -0.0250. The Hall–Kier alpha value is -1.14. The molecule has 6 nitrogen and oxygen atoms in total. The van der Waals surface area contributed by atoms with Crippen LogP contribution in [0.4, 0.5) is 0 Å². The Balaban J connectivity index is 3.82. The Morgan fingerprint density at radius 3 is 1.45 bits per heavy atom. The molecule has 6 heteroatoms. The highest BCUT2D eigenvalue weighted by Gasteiger charge is 2.14. The first-order valence-corrected chi connectivity index (χ1v) is 19.3. The minimum absolute atomic E-state index is 0.0165. The van der Waals surface area contributed by atoms with Crippen LogP contribution in [0.1, 0.15) is 194 Å². The zero-order valence-electron chi connectivity index (χ0n) is 29.7. The van der Waals surface area contributed by atoms with Gasteiger partial charge in [0.2, 0.25) is 0 Å². The number of rotatable bonds is 35. The van der Waals surface area contributed by atoms with Crippen LogP contribution in [-0.2, 0) is 19.1 Å². The number of aliphatic hydroxyl groups is 1. The summed E-state index contributed by atoms with van der Waals surface area (Å²) in [6.45, 7) is 10.3. The number of ether oxygens (including phenoxy) is 2. The van der Waals surface area contributed by atoms with Gasteiger partial charge in [-0.25, -0.2) is 0 Å². The van der Waals surface area contributed by atoms with Crippen molar-refractivity contribution in [3.63, 3.8) is 0 Å². The monoisotopic (exact) mass is 626 g/mol. The van der Waals surface area contributed by atoms with Crippen LogP contribution in [-0.4, -0.2) is 60.9 Å². The molecule has 0 heterocycles. The summed E-state index contributed by atoms with van der Waals surface area (Å²) >= 11 is 0. The quantitative estimate of drug-likeness (QED) is 0.0558. The summed E-state index contributed by atoms with van der Waals surface area (Å²) in [7, 11) is 0. The molecule has 0 bridgehead atoms. The lowest BCUT2D eigenvalue weighted by Gasteiger charge is -2.21. The van der Waals surface area contributed by atoms with E-state index in [-0.39, 0.29) is 24.6 Å². The normalized spacial score (nSPS) is 11.5. The van der Waals surface area contributed by atoms with Crippen LogP contribution in [0.5, 0.6) is 0 Å². The Kier molecular flexibility index (Phi) is 33.8. The Labute approximate surface area is 273 Å². The van der Waals surface area contributed by atoms with Crippen molar-refractivity contribution < 1.29 is 24.2 Å². The maximum Gasteiger partial charge on any atom is 0.306 e. The smallest absolute Gasteiger partial charge is 0.306 e. The van der Waals surface area contributed by atoms with Gasteiger partial charge in [0.05, 0.1) is 13.2 Å². The van der Waals surface area contributed by atoms with Gasteiger partial charge in [-0.15, -0.1) is 0 Å². The van der Waals surface area contributed by atoms with Crippen molar-refractivity contribution in [3.05, 3.63) is 0 Å². The molecule has 0 unspecified atom stereocenters. The van der Waals surface area contributed by atoms with Gasteiger partial charge in [0.15, 0.2) is 0 Å². The Bertz CT molecular complexity index is 602. The fourth-order valence-electron chi connectivity index (χ4n) is 5.82. The average Bonchev–Trinajstić information content (AvgIpc) is 3.01. The SMILES string of the molecule is CCCCCCC(CCCCCC)OC(=O)CCCCCCCCCN(CCO)CCCCCCCC(=O)OCCCCC. The molecule has 0 amide bonds. The van der Waals surface area contributed by atoms with Gasteiger partial charge in [-0.2, -0.15) is 0 Å². The first-order valence-electron chi connectivity index (χ1n) is 19.3. The third-order valence-corrected chi connectivity index (χ3v) is 8.70. The van der Waals surface area contributed by atoms with Crippen molar-refractivity contribution in [3.8, 4) is 0 Å². The zero-order chi connectivity index (χ0) is 32.4.